The molecule has 0 saturated heterocycles. The molecule has 0 bridgehead atoms. The molecule has 4 rings (SSSR count). The molecule has 6 heteroatoms. The minimum atomic E-state index is -0.145. The van der Waals surface area contributed by atoms with E-state index < -0.39 is 0 Å². The number of rotatable bonds is 8. The summed E-state index contributed by atoms with van der Waals surface area (Å²) in [7, 11) is 0. The van der Waals surface area contributed by atoms with Gasteiger partial charge in [-0.3, -0.25) is 4.79 Å². The average molecular weight is 448 g/mol. The maximum Gasteiger partial charge on any atom is 0.251 e. The lowest BCUT2D eigenvalue weighted by atomic mass is 10.1. The van der Waals surface area contributed by atoms with Crippen molar-refractivity contribution in [1.82, 2.24) is 14.9 Å². The third-order valence-corrected chi connectivity index (χ3v) is 5.47. The molecule has 32 heavy (non-hydrogen) atoms. The summed E-state index contributed by atoms with van der Waals surface area (Å²) in [6.07, 6.45) is 0.616. The Hall–Kier alpha value is -3.31. The summed E-state index contributed by atoms with van der Waals surface area (Å²) in [4.78, 5) is 17.2. The van der Waals surface area contributed by atoms with Crippen LogP contribution in [0.15, 0.2) is 66.7 Å². The molecule has 1 N–H and O–H groups in total. The Bertz CT molecular complexity index is 1230. The Balaban J connectivity index is 1.43. The molecule has 0 fully saturated rings. The summed E-state index contributed by atoms with van der Waals surface area (Å²) < 4.78 is 8.20. The van der Waals surface area contributed by atoms with Crippen molar-refractivity contribution < 1.29 is 9.53 Å². The molecular formula is C26H26ClN3O2. The Kier molecular flexibility index (Phi) is 6.76. The second-order valence-electron chi connectivity index (χ2n) is 7.86. The Labute approximate surface area is 193 Å². The highest BCUT2D eigenvalue weighted by Crippen LogP contribution is 2.19. The summed E-state index contributed by atoms with van der Waals surface area (Å²) in [5, 5.41) is 3.50. The molecule has 0 saturated carbocycles. The number of nitrogens with zero attached hydrogens (tertiary/aromatic N) is 2. The van der Waals surface area contributed by atoms with Crippen molar-refractivity contribution >= 4 is 28.5 Å². The van der Waals surface area contributed by atoms with E-state index >= 15 is 0 Å². The fraction of sp³-hybridized carbons (Fsp3) is 0.231. The van der Waals surface area contributed by atoms with Crippen LogP contribution >= 0.6 is 11.6 Å². The number of carbonyl (C=O) groups excluding carboxylic acids is 1. The number of fused-ring (bicyclic) bond motifs is 1. The molecule has 3 aromatic carbocycles. The molecule has 0 unspecified atom stereocenters. The number of imidazole rings is 1. The highest BCUT2D eigenvalue weighted by Gasteiger charge is 2.12. The zero-order chi connectivity index (χ0) is 22.5. The van der Waals surface area contributed by atoms with E-state index in [0.717, 1.165) is 22.6 Å². The van der Waals surface area contributed by atoms with Gasteiger partial charge in [0, 0.05) is 23.6 Å². The molecule has 0 atom stereocenters. The van der Waals surface area contributed by atoms with Crippen LogP contribution in [0.4, 0.5) is 0 Å². The minimum Gasteiger partial charge on any atom is -0.492 e. The predicted molar refractivity (Wildman–Crippen MR) is 129 cm³/mol. The van der Waals surface area contributed by atoms with Gasteiger partial charge in [0.2, 0.25) is 0 Å². The average Bonchev–Trinajstić information content (AvgIpc) is 3.10. The summed E-state index contributed by atoms with van der Waals surface area (Å²) in [5.74, 6) is 1.65. The van der Waals surface area contributed by atoms with Crippen molar-refractivity contribution in [3.63, 3.8) is 0 Å². The molecule has 0 aliphatic rings. The van der Waals surface area contributed by atoms with Gasteiger partial charge in [0.25, 0.3) is 5.91 Å². The van der Waals surface area contributed by atoms with Crippen LogP contribution in [0.25, 0.3) is 11.0 Å². The van der Waals surface area contributed by atoms with Crippen molar-refractivity contribution in [2.45, 2.75) is 26.8 Å². The van der Waals surface area contributed by atoms with Crippen LogP contribution in [0.2, 0.25) is 5.02 Å². The van der Waals surface area contributed by atoms with Gasteiger partial charge in [-0.2, -0.15) is 0 Å². The lowest BCUT2D eigenvalue weighted by molar-refractivity contribution is 0.0954. The normalized spacial score (nSPS) is 11.0. The van der Waals surface area contributed by atoms with Gasteiger partial charge in [0.15, 0.2) is 0 Å². The van der Waals surface area contributed by atoms with Crippen LogP contribution in [-0.4, -0.2) is 28.6 Å². The molecule has 5 nitrogen and oxygen atoms in total. The maximum atomic E-state index is 12.4. The molecule has 164 valence electrons. The third kappa shape index (κ3) is 5.29. The largest absolute Gasteiger partial charge is 0.492 e. The molecule has 1 amide bonds. The summed E-state index contributed by atoms with van der Waals surface area (Å²) >= 11 is 5.99. The molecule has 0 aliphatic heterocycles. The number of hydrogen-bond acceptors (Lipinski definition) is 3. The zero-order valence-corrected chi connectivity index (χ0v) is 19.0. The summed E-state index contributed by atoms with van der Waals surface area (Å²) in [6.45, 7) is 5.82. The van der Waals surface area contributed by atoms with Crippen molar-refractivity contribution in [2.75, 3.05) is 13.2 Å². The van der Waals surface area contributed by atoms with Gasteiger partial charge in [-0.05, 0) is 67.4 Å². The molecule has 0 spiro atoms. The fourth-order valence-electron chi connectivity index (χ4n) is 3.86. The Morgan fingerprint density at radius 1 is 1.03 bits per heavy atom. The Morgan fingerprint density at radius 3 is 2.59 bits per heavy atom. The topological polar surface area (TPSA) is 56.1 Å². The monoisotopic (exact) mass is 447 g/mol. The lowest BCUT2D eigenvalue weighted by Crippen LogP contribution is -2.26. The van der Waals surface area contributed by atoms with Gasteiger partial charge in [-0.25, -0.2) is 4.98 Å². The van der Waals surface area contributed by atoms with E-state index in [0.29, 0.717) is 36.7 Å². The van der Waals surface area contributed by atoms with E-state index in [2.05, 4.69) is 35.9 Å². The van der Waals surface area contributed by atoms with E-state index in [1.54, 1.807) is 24.3 Å². The van der Waals surface area contributed by atoms with Crippen LogP contribution in [0.5, 0.6) is 5.75 Å². The molecular weight excluding hydrogens is 422 g/mol. The van der Waals surface area contributed by atoms with Gasteiger partial charge in [0.05, 0.1) is 17.6 Å². The fourth-order valence-corrected chi connectivity index (χ4v) is 4.05. The van der Waals surface area contributed by atoms with E-state index in [1.165, 1.54) is 11.1 Å². The highest BCUT2D eigenvalue weighted by atomic mass is 35.5. The van der Waals surface area contributed by atoms with Crippen molar-refractivity contribution in [3.8, 4) is 5.75 Å². The number of halogens is 1. The second-order valence-corrected chi connectivity index (χ2v) is 8.29. The van der Waals surface area contributed by atoms with Gasteiger partial charge in [-0.1, -0.05) is 35.9 Å². The number of para-hydroxylation sites is 2. The standard InChI is InChI=1S/C26H26ClN3O2/c1-18-14-19(2)16-22(15-18)32-13-12-30-24-9-4-3-8-23(24)29-25(30)10-11-28-26(31)20-6-5-7-21(27)17-20/h3-9,14-17H,10-13H2,1-2H3,(H,28,31). The third-order valence-electron chi connectivity index (χ3n) is 5.23. The van der Waals surface area contributed by atoms with Crippen molar-refractivity contribution in [3.05, 3.63) is 94.3 Å². The van der Waals surface area contributed by atoms with E-state index in [1.807, 2.05) is 30.3 Å². The quantitative estimate of drug-likeness (QED) is 0.395. The maximum absolute atomic E-state index is 12.4. The van der Waals surface area contributed by atoms with E-state index in [4.69, 9.17) is 21.3 Å². The number of amides is 1. The van der Waals surface area contributed by atoms with Gasteiger partial charge in [0.1, 0.15) is 18.2 Å². The first-order valence-electron chi connectivity index (χ1n) is 10.7. The number of hydrogen-bond donors (Lipinski definition) is 1. The van der Waals surface area contributed by atoms with Crippen LogP contribution in [0.1, 0.15) is 27.3 Å². The molecule has 0 aliphatic carbocycles. The minimum absolute atomic E-state index is 0.145. The molecule has 0 radical (unpaired) electrons. The zero-order valence-electron chi connectivity index (χ0n) is 18.3. The first-order chi connectivity index (χ1) is 15.5. The SMILES string of the molecule is Cc1cc(C)cc(OCCn2c(CCNC(=O)c3cccc(Cl)c3)nc3ccccc32)c1. The first-order valence-corrected chi connectivity index (χ1v) is 11.1. The predicted octanol–water partition coefficient (Wildman–Crippen LogP) is 5.36. The molecule has 1 heterocycles. The van der Waals surface area contributed by atoms with Crippen LogP contribution in [0, 0.1) is 13.8 Å². The van der Waals surface area contributed by atoms with Gasteiger partial charge in [-0.15, -0.1) is 0 Å². The smallest absolute Gasteiger partial charge is 0.251 e. The molecule has 1 aromatic heterocycles. The Morgan fingerprint density at radius 2 is 1.81 bits per heavy atom. The van der Waals surface area contributed by atoms with E-state index in [9.17, 15) is 4.79 Å². The molecule has 4 aromatic rings. The first kappa shape index (κ1) is 21.9. The number of nitrogens with one attached hydrogen (secondary N) is 1. The lowest BCUT2D eigenvalue weighted by Gasteiger charge is -2.12. The number of aromatic nitrogens is 2. The van der Waals surface area contributed by atoms with Crippen LogP contribution in [0.3, 0.4) is 0 Å². The van der Waals surface area contributed by atoms with E-state index in [-0.39, 0.29) is 5.91 Å². The van der Waals surface area contributed by atoms with Gasteiger partial charge >= 0.3 is 0 Å². The van der Waals surface area contributed by atoms with Crippen molar-refractivity contribution in [1.29, 1.82) is 0 Å². The number of carbonyl (C=O) groups is 1. The number of aryl methyl sites for hydroxylation is 2. The highest BCUT2D eigenvalue weighted by molar-refractivity contribution is 6.30. The summed E-state index contributed by atoms with van der Waals surface area (Å²) in [5.41, 5.74) is 4.92. The van der Waals surface area contributed by atoms with Gasteiger partial charge < -0.3 is 14.6 Å². The number of ether oxygens (including phenoxy) is 1. The van der Waals surface area contributed by atoms with Crippen molar-refractivity contribution in [2.24, 2.45) is 0 Å². The van der Waals surface area contributed by atoms with Crippen LogP contribution < -0.4 is 10.1 Å². The number of benzene rings is 3. The second kappa shape index (κ2) is 9.88. The summed E-state index contributed by atoms with van der Waals surface area (Å²) in [6, 6.07) is 21.2. The van der Waals surface area contributed by atoms with Crippen LogP contribution in [-0.2, 0) is 13.0 Å².